The maximum atomic E-state index is 13.6. The number of aliphatic hydroxyl groups is 1. The number of allylic oxidation sites excluding steroid dienone is 2. The molecule has 0 radical (unpaired) electrons. The molecule has 0 saturated heterocycles. The number of amides is 3. The molecule has 0 spiro atoms. The Morgan fingerprint density at radius 2 is 1.64 bits per heavy atom. The number of hydrogen-bond donors (Lipinski definition) is 4. The third-order valence-corrected chi connectivity index (χ3v) is 9.56. The molecule has 5 aromatic heterocycles. The molecule has 5 heterocycles. The summed E-state index contributed by atoms with van der Waals surface area (Å²) in [5.41, 5.74) is 16.0. The minimum absolute atomic E-state index is 0.0697. The SMILES string of the molecule is CCc1nc(C)oc1C(=O)Nc1nc2cc(C(N)=O)cc(OC)c2n1C/C=C/Cn1c2nc(-c3cc(C)nn3CC)ncc2c2cc(C(N)=O)cc(OCCCO)c21. The van der Waals surface area contributed by atoms with Gasteiger partial charge in [0, 0.05) is 67.7 Å². The molecule has 7 aromatic rings. The highest BCUT2D eigenvalue weighted by atomic mass is 16.5. The topological polar surface area (TPSA) is 246 Å². The summed E-state index contributed by atoms with van der Waals surface area (Å²) in [4.78, 5) is 57.0. The summed E-state index contributed by atoms with van der Waals surface area (Å²) in [6, 6.07) is 8.26. The van der Waals surface area contributed by atoms with Gasteiger partial charge in [-0.3, -0.25) is 24.4 Å². The third kappa shape index (κ3) is 7.32. The lowest BCUT2D eigenvalue weighted by Gasteiger charge is -2.12. The Kier molecular flexibility index (Phi) is 10.9. The Bertz CT molecular complexity index is 2760. The zero-order chi connectivity index (χ0) is 41.2. The predicted octanol–water partition coefficient (Wildman–Crippen LogP) is 4.46. The van der Waals surface area contributed by atoms with Crippen LogP contribution < -0.4 is 26.3 Å². The first kappa shape index (κ1) is 39.2. The van der Waals surface area contributed by atoms with E-state index in [0.717, 1.165) is 11.4 Å². The van der Waals surface area contributed by atoms with Crippen molar-refractivity contribution in [3.8, 4) is 23.0 Å². The molecule has 0 aliphatic heterocycles. The molecule has 3 amide bonds. The molecule has 0 aliphatic rings. The molecule has 0 bridgehead atoms. The highest BCUT2D eigenvalue weighted by Gasteiger charge is 2.24. The average Bonchev–Trinajstić information content (AvgIpc) is 3.97. The number of aromatic nitrogens is 8. The van der Waals surface area contributed by atoms with Gasteiger partial charge in [-0.2, -0.15) is 5.10 Å². The lowest BCUT2D eigenvalue weighted by molar-refractivity contribution is 0.0987. The largest absolute Gasteiger partial charge is 0.494 e. The molecular formula is C40H43N11O7. The van der Waals surface area contributed by atoms with Gasteiger partial charge in [-0.1, -0.05) is 19.1 Å². The summed E-state index contributed by atoms with van der Waals surface area (Å²) in [6.45, 7) is 8.60. The minimum Gasteiger partial charge on any atom is -0.494 e. The van der Waals surface area contributed by atoms with Crippen LogP contribution in [0.3, 0.4) is 0 Å². The van der Waals surface area contributed by atoms with Crippen LogP contribution >= 0.6 is 0 Å². The van der Waals surface area contributed by atoms with Crippen molar-refractivity contribution in [3.63, 3.8) is 0 Å². The fraction of sp³-hybridized carbons (Fsp3) is 0.300. The number of nitrogens with zero attached hydrogens (tertiary/aromatic N) is 8. The van der Waals surface area contributed by atoms with Gasteiger partial charge in [0.2, 0.25) is 23.5 Å². The number of imidazole rings is 1. The minimum atomic E-state index is -0.667. The molecule has 0 atom stereocenters. The number of hydrogen-bond acceptors (Lipinski definition) is 12. The number of nitrogens with one attached hydrogen (secondary N) is 1. The van der Waals surface area contributed by atoms with Crippen LogP contribution in [0.4, 0.5) is 5.95 Å². The van der Waals surface area contributed by atoms with Gasteiger partial charge in [0.1, 0.15) is 28.4 Å². The number of fused-ring (bicyclic) bond motifs is 4. The Morgan fingerprint density at radius 3 is 2.33 bits per heavy atom. The van der Waals surface area contributed by atoms with Crippen LogP contribution in [0.2, 0.25) is 0 Å². The zero-order valence-corrected chi connectivity index (χ0v) is 32.7. The van der Waals surface area contributed by atoms with Crippen LogP contribution in [0.25, 0.3) is 44.5 Å². The molecule has 0 aliphatic carbocycles. The number of methoxy groups -OCH3 is 1. The standard InChI is InChI=1S/C40H43N11O7/c1-6-27-34(58-22(4)44-27)39(55)47-40-45-28-17-24(36(42)54)18-30(56-5)33(28)50(40)12-9-8-11-49-32-25(16-23(35(41)53)19-31(32)57-14-10-13-52)26-20-43-37(46-38(26)49)29-15-21(3)48-51(29)7-2/h8-9,15-20,52H,6-7,10-14H2,1-5H3,(H2,41,53)(H2,42,54)(H,45,47,55)/b9-8+. The van der Waals surface area contributed by atoms with Crippen molar-refractivity contribution < 1.29 is 33.4 Å². The van der Waals surface area contributed by atoms with Crippen LogP contribution in [-0.2, 0) is 26.1 Å². The molecule has 0 fully saturated rings. The maximum absolute atomic E-state index is 13.6. The molecule has 0 saturated carbocycles. The van der Waals surface area contributed by atoms with Crippen LogP contribution in [0.5, 0.6) is 11.5 Å². The molecule has 7 rings (SSSR count). The van der Waals surface area contributed by atoms with Gasteiger partial charge in [0.05, 0.1) is 36.1 Å². The van der Waals surface area contributed by atoms with Gasteiger partial charge in [-0.05, 0) is 50.6 Å². The normalized spacial score (nSPS) is 11.7. The summed E-state index contributed by atoms with van der Waals surface area (Å²) < 4.78 is 23.0. The second-order valence-electron chi connectivity index (χ2n) is 13.4. The predicted molar refractivity (Wildman–Crippen MR) is 215 cm³/mol. The van der Waals surface area contributed by atoms with Gasteiger partial charge >= 0.3 is 0 Å². The number of benzene rings is 2. The van der Waals surface area contributed by atoms with Gasteiger partial charge in [0.25, 0.3) is 5.91 Å². The Balaban J connectivity index is 1.34. The van der Waals surface area contributed by atoms with Crippen LogP contribution in [0, 0.1) is 13.8 Å². The molecule has 58 heavy (non-hydrogen) atoms. The molecule has 18 nitrogen and oxygen atoms in total. The Labute approximate surface area is 331 Å². The van der Waals surface area contributed by atoms with E-state index in [9.17, 15) is 19.5 Å². The summed E-state index contributed by atoms with van der Waals surface area (Å²) in [5.74, 6) is -0.0902. The highest BCUT2D eigenvalue weighted by molar-refractivity contribution is 6.12. The van der Waals surface area contributed by atoms with E-state index in [0.29, 0.717) is 81.3 Å². The Morgan fingerprint density at radius 1 is 0.914 bits per heavy atom. The fourth-order valence-corrected chi connectivity index (χ4v) is 6.94. The molecule has 300 valence electrons. The van der Waals surface area contributed by atoms with Gasteiger partial charge < -0.3 is 39.6 Å². The van der Waals surface area contributed by atoms with Crippen molar-refractivity contribution >= 4 is 56.6 Å². The quantitative estimate of drug-likeness (QED) is 0.0783. The smallest absolute Gasteiger partial charge is 0.295 e. The van der Waals surface area contributed by atoms with Crippen LogP contribution in [-0.4, -0.2) is 82.0 Å². The average molecular weight is 790 g/mol. The van der Waals surface area contributed by atoms with E-state index in [1.54, 1.807) is 29.8 Å². The molecule has 6 N–H and O–H groups in total. The number of aryl methyl sites for hydroxylation is 4. The lowest BCUT2D eigenvalue weighted by atomic mass is 10.1. The van der Waals surface area contributed by atoms with E-state index >= 15 is 0 Å². The number of carbonyl (C=O) groups is 3. The van der Waals surface area contributed by atoms with Gasteiger partial charge in [0.15, 0.2) is 11.7 Å². The second-order valence-corrected chi connectivity index (χ2v) is 13.4. The van der Waals surface area contributed by atoms with Crippen molar-refractivity contribution in [1.82, 2.24) is 38.9 Å². The van der Waals surface area contributed by atoms with Crippen molar-refractivity contribution in [2.45, 2.75) is 60.2 Å². The van der Waals surface area contributed by atoms with E-state index in [1.165, 1.54) is 19.2 Å². The fourth-order valence-electron chi connectivity index (χ4n) is 6.94. The summed E-state index contributed by atoms with van der Waals surface area (Å²) in [7, 11) is 1.47. The summed E-state index contributed by atoms with van der Waals surface area (Å²) in [5, 5.41) is 18.3. The number of ether oxygens (including phenoxy) is 2. The first-order chi connectivity index (χ1) is 28.0. The number of aliphatic hydroxyl groups excluding tert-OH is 1. The highest BCUT2D eigenvalue weighted by Crippen LogP contribution is 2.37. The molecule has 2 aromatic carbocycles. The number of carbonyl (C=O) groups excluding carboxylic acids is 3. The summed E-state index contributed by atoms with van der Waals surface area (Å²) in [6.07, 6.45) is 6.35. The molecule has 18 heteroatoms. The second kappa shape index (κ2) is 16.2. The maximum Gasteiger partial charge on any atom is 0.295 e. The van der Waals surface area contributed by atoms with Gasteiger partial charge in [-0.15, -0.1) is 0 Å². The number of rotatable bonds is 16. The first-order valence-electron chi connectivity index (χ1n) is 18.7. The van der Waals surface area contributed by atoms with E-state index in [-0.39, 0.29) is 49.1 Å². The van der Waals surface area contributed by atoms with E-state index in [2.05, 4.69) is 20.4 Å². The number of oxazole rings is 1. The van der Waals surface area contributed by atoms with Crippen molar-refractivity contribution in [3.05, 3.63) is 82.8 Å². The van der Waals surface area contributed by atoms with Crippen LogP contribution in [0.15, 0.2) is 53.1 Å². The number of anilines is 1. The third-order valence-electron chi connectivity index (χ3n) is 9.56. The number of primary amides is 2. The van der Waals surface area contributed by atoms with E-state index in [4.69, 9.17) is 35.3 Å². The van der Waals surface area contributed by atoms with Crippen LogP contribution in [0.1, 0.15) is 68.8 Å². The van der Waals surface area contributed by atoms with Gasteiger partial charge in [-0.25, -0.2) is 19.9 Å². The zero-order valence-electron chi connectivity index (χ0n) is 32.7. The Hall–Kier alpha value is -7.08. The molecular weight excluding hydrogens is 747 g/mol. The number of nitrogens with two attached hydrogens (primary N) is 2. The van der Waals surface area contributed by atoms with E-state index < -0.39 is 17.7 Å². The van der Waals surface area contributed by atoms with Crippen molar-refractivity contribution in [2.75, 3.05) is 25.6 Å². The summed E-state index contributed by atoms with van der Waals surface area (Å²) >= 11 is 0. The monoisotopic (exact) mass is 789 g/mol. The first-order valence-corrected chi connectivity index (χ1v) is 18.7. The van der Waals surface area contributed by atoms with E-state index in [1.807, 2.05) is 48.2 Å². The lowest BCUT2D eigenvalue weighted by Crippen LogP contribution is -2.17. The molecule has 0 unspecified atom stereocenters. The van der Waals surface area contributed by atoms with Crippen molar-refractivity contribution in [1.29, 1.82) is 0 Å². The van der Waals surface area contributed by atoms with Crippen molar-refractivity contribution in [2.24, 2.45) is 11.5 Å².